The molecule has 2 rings (SSSR count). The Morgan fingerprint density at radius 1 is 1.12 bits per heavy atom. The van der Waals surface area contributed by atoms with Crippen LogP contribution < -0.4 is 0 Å². The number of ketones is 2. The van der Waals surface area contributed by atoms with E-state index in [0.717, 1.165) is 24.8 Å². The maximum Gasteiger partial charge on any atom is 0.169 e. The third-order valence-electron chi connectivity index (χ3n) is 4.11. The van der Waals surface area contributed by atoms with Crippen LogP contribution in [-0.4, -0.2) is 11.6 Å². The molecule has 0 amide bonds. The van der Waals surface area contributed by atoms with Crippen LogP contribution in [0.4, 0.5) is 0 Å². The van der Waals surface area contributed by atoms with E-state index in [4.69, 9.17) is 0 Å². The first-order valence-corrected chi connectivity index (χ1v) is 6.32. The average molecular weight is 220 g/mol. The molecule has 2 aliphatic rings. The summed E-state index contributed by atoms with van der Waals surface area (Å²) in [5.74, 6) is 1.07. The van der Waals surface area contributed by atoms with Crippen LogP contribution in [0, 0.1) is 17.8 Å². The van der Waals surface area contributed by atoms with Crippen LogP contribution in [0.15, 0.2) is 11.1 Å². The quantitative estimate of drug-likeness (QED) is 0.637. The van der Waals surface area contributed by atoms with E-state index < -0.39 is 0 Å². The van der Waals surface area contributed by atoms with E-state index in [9.17, 15) is 9.59 Å². The first-order chi connectivity index (χ1) is 7.52. The molecule has 2 heteroatoms. The Bertz CT molecular complexity index is 363. The average Bonchev–Trinajstić information content (AvgIpc) is 2.53. The zero-order chi connectivity index (χ0) is 11.9. The molecule has 2 aliphatic carbocycles. The molecule has 0 saturated carbocycles. The minimum Gasteiger partial charge on any atom is -0.294 e. The number of carbonyl (C=O) groups excluding carboxylic acids is 2. The number of rotatable bonds is 1. The van der Waals surface area contributed by atoms with Crippen molar-refractivity contribution >= 4 is 11.6 Å². The largest absolute Gasteiger partial charge is 0.294 e. The normalized spacial score (nSPS) is 31.0. The van der Waals surface area contributed by atoms with Gasteiger partial charge in [-0.05, 0) is 31.1 Å². The van der Waals surface area contributed by atoms with Crippen molar-refractivity contribution in [2.24, 2.45) is 17.8 Å². The van der Waals surface area contributed by atoms with Crippen molar-refractivity contribution in [1.29, 1.82) is 0 Å². The number of hydrogen-bond acceptors (Lipinski definition) is 2. The summed E-state index contributed by atoms with van der Waals surface area (Å²) in [5.41, 5.74) is 1.74. The minimum atomic E-state index is 0.0667. The fraction of sp³-hybridized carbons (Fsp3) is 0.714. The van der Waals surface area contributed by atoms with Gasteiger partial charge in [0.15, 0.2) is 11.6 Å². The molecule has 0 aromatic heterocycles. The van der Waals surface area contributed by atoms with Gasteiger partial charge in [-0.1, -0.05) is 26.3 Å². The van der Waals surface area contributed by atoms with Gasteiger partial charge in [0, 0.05) is 12.3 Å². The van der Waals surface area contributed by atoms with E-state index in [0.29, 0.717) is 23.8 Å². The summed E-state index contributed by atoms with van der Waals surface area (Å²) in [7, 11) is 0. The van der Waals surface area contributed by atoms with Crippen molar-refractivity contribution in [1.82, 2.24) is 0 Å². The molecule has 0 fully saturated rings. The molecule has 0 aromatic carbocycles. The van der Waals surface area contributed by atoms with Crippen LogP contribution >= 0.6 is 0 Å². The van der Waals surface area contributed by atoms with Crippen molar-refractivity contribution in [2.45, 2.75) is 46.5 Å². The third kappa shape index (κ3) is 1.74. The predicted octanol–water partition coefficient (Wildman–Crippen LogP) is 2.92. The van der Waals surface area contributed by atoms with Crippen LogP contribution in [0.3, 0.4) is 0 Å². The van der Waals surface area contributed by atoms with E-state index in [-0.39, 0.29) is 17.5 Å². The summed E-state index contributed by atoms with van der Waals surface area (Å²) in [4.78, 5) is 24.2. The SMILES string of the molecule is CC(C)[C@@H]1CC[C@@H](C)C2=C(C(=O)CC2)C1=O. The lowest BCUT2D eigenvalue weighted by Gasteiger charge is -2.18. The Morgan fingerprint density at radius 3 is 2.44 bits per heavy atom. The van der Waals surface area contributed by atoms with Gasteiger partial charge in [-0.25, -0.2) is 0 Å². The second kappa shape index (κ2) is 4.15. The molecule has 0 N–H and O–H groups in total. The van der Waals surface area contributed by atoms with Crippen LogP contribution in [0.5, 0.6) is 0 Å². The lowest BCUT2D eigenvalue weighted by molar-refractivity contribution is -0.124. The van der Waals surface area contributed by atoms with Gasteiger partial charge in [-0.3, -0.25) is 9.59 Å². The molecule has 0 aliphatic heterocycles. The number of hydrogen-bond donors (Lipinski definition) is 0. The molecule has 0 saturated heterocycles. The fourth-order valence-corrected chi connectivity index (χ4v) is 3.02. The maximum atomic E-state index is 12.3. The van der Waals surface area contributed by atoms with Crippen LogP contribution in [0.25, 0.3) is 0 Å². The number of Topliss-reactive ketones (excluding diaryl/α,β-unsaturated/α-hetero) is 2. The van der Waals surface area contributed by atoms with E-state index in [1.807, 2.05) is 0 Å². The summed E-state index contributed by atoms with van der Waals surface area (Å²) < 4.78 is 0. The molecule has 0 bridgehead atoms. The molecule has 0 spiro atoms. The highest BCUT2D eigenvalue weighted by atomic mass is 16.1. The van der Waals surface area contributed by atoms with Gasteiger partial charge in [-0.2, -0.15) is 0 Å². The van der Waals surface area contributed by atoms with Gasteiger partial charge in [0.25, 0.3) is 0 Å². The third-order valence-corrected chi connectivity index (χ3v) is 4.11. The monoisotopic (exact) mass is 220 g/mol. The summed E-state index contributed by atoms with van der Waals surface area (Å²) in [6.07, 6.45) is 3.39. The Hall–Kier alpha value is -0.920. The van der Waals surface area contributed by atoms with E-state index in [1.54, 1.807) is 0 Å². The highest BCUT2D eigenvalue weighted by molar-refractivity contribution is 6.23. The second-order valence-corrected chi connectivity index (χ2v) is 5.52. The highest BCUT2D eigenvalue weighted by Gasteiger charge is 2.38. The number of allylic oxidation sites excluding steroid dienone is 2. The molecule has 0 aromatic rings. The molecule has 88 valence electrons. The van der Waals surface area contributed by atoms with E-state index >= 15 is 0 Å². The van der Waals surface area contributed by atoms with E-state index in [2.05, 4.69) is 20.8 Å². The van der Waals surface area contributed by atoms with Crippen molar-refractivity contribution in [3.63, 3.8) is 0 Å². The van der Waals surface area contributed by atoms with Gasteiger partial charge in [-0.15, -0.1) is 0 Å². The highest BCUT2D eigenvalue weighted by Crippen LogP contribution is 2.39. The first kappa shape index (κ1) is 11.6. The van der Waals surface area contributed by atoms with Crippen LogP contribution in [0.1, 0.15) is 46.5 Å². The molecule has 16 heavy (non-hydrogen) atoms. The fourth-order valence-electron chi connectivity index (χ4n) is 3.02. The Balaban J connectivity index is 2.39. The first-order valence-electron chi connectivity index (χ1n) is 6.32. The molecular weight excluding hydrogens is 200 g/mol. The molecular formula is C14H20O2. The zero-order valence-corrected chi connectivity index (χ0v) is 10.4. The van der Waals surface area contributed by atoms with Gasteiger partial charge in [0.1, 0.15) is 0 Å². The van der Waals surface area contributed by atoms with Gasteiger partial charge in [0.05, 0.1) is 5.57 Å². The summed E-state index contributed by atoms with van der Waals surface area (Å²) >= 11 is 0. The summed E-state index contributed by atoms with van der Waals surface area (Å²) in [6.45, 7) is 6.32. The zero-order valence-electron chi connectivity index (χ0n) is 10.4. The molecule has 0 heterocycles. The topological polar surface area (TPSA) is 34.1 Å². The maximum absolute atomic E-state index is 12.3. The van der Waals surface area contributed by atoms with Gasteiger partial charge >= 0.3 is 0 Å². The van der Waals surface area contributed by atoms with Gasteiger partial charge in [0.2, 0.25) is 0 Å². The predicted molar refractivity (Wildman–Crippen MR) is 63.0 cm³/mol. The standard InChI is InChI=1S/C14H20O2/c1-8(2)10-5-4-9(3)11-6-7-12(15)13(11)14(10)16/h8-10H,4-7H2,1-3H3/t9-,10+/m1/s1. The molecule has 2 nitrogen and oxygen atoms in total. The van der Waals surface area contributed by atoms with Crippen molar-refractivity contribution in [3.8, 4) is 0 Å². The van der Waals surface area contributed by atoms with Crippen LogP contribution in [-0.2, 0) is 9.59 Å². The minimum absolute atomic E-state index is 0.0667. The van der Waals surface area contributed by atoms with Crippen molar-refractivity contribution < 1.29 is 9.59 Å². The summed E-state index contributed by atoms with van der Waals surface area (Å²) in [5, 5.41) is 0. The lowest BCUT2D eigenvalue weighted by Crippen LogP contribution is -2.23. The van der Waals surface area contributed by atoms with Crippen molar-refractivity contribution in [3.05, 3.63) is 11.1 Å². The van der Waals surface area contributed by atoms with Crippen molar-refractivity contribution in [2.75, 3.05) is 0 Å². The Morgan fingerprint density at radius 2 is 1.81 bits per heavy atom. The Labute approximate surface area is 97.1 Å². The Kier molecular flexibility index (Phi) is 3.00. The molecule has 0 radical (unpaired) electrons. The smallest absolute Gasteiger partial charge is 0.169 e. The van der Waals surface area contributed by atoms with Crippen LogP contribution in [0.2, 0.25) is 0 Å². The second-order valence-electron chi connectivity index (χ2n) is 5.52. The molecule has 2 atom stereocenters. The van der Waals surface area contributed by atoms with E-state index in [1.165, 1.54) is 0 Å². The summed E-state index contributed by atoms with van der Waals surface area (Å²) in [6, 6.07) is 0. The lowest BCUT2D eigenvalue weighted by atomic mass is 9.85. The van der Waals surface area contributed by atoms with Gasteiger partial charge < -0.3 is 0 Å². The molecule has 0 unspecified atom stereocenters. The number of carbonyl (C=O) groups is 2.